The number of hydrogen-bond acceptors (Lipinski definition) is 2. The van der Waals surface area contributed by atoms with Crippen LogP contribution in [0.4, 0.5) is 0 Å². The van der Waals surface area contributed by atoms with Crippen LogP contribution in [0.5, 0.6) is 11.5 Å². The fourth-order valence-corrected chi connectivity index (χ4v) is 1.86. The molecule has 2 nitrogen and oxygen atoms in total. The maximum absolute atomic E-state index is 9.97. The van der Waals surface area contributed by atoms with E-state index in [9.17, 15) is 10.2 Å². The maximum Gasteiger partial charge on any atom is 0.123 e. The van der Waals surface area contributed by atoms with Crippen molar-refractivity contribution in [3.05, 3.63) is 47.0 Å². The lowest BCUT2D eigenvalue weighted by Crippen LogP contribution is -1.86. The molecule has 0 amide bonds. The van der Waals surface area contributed by atoms with Crippen molar-refractivity contribution in [3.63, 3.8) is 0 Å². The van der Waals surface area contributed by atoms with Gasteiger partial charge in [0.1, 0.15) is 11.5 Å². The molecule has 2 N–H and O–H groups in total. The van der Waals surface area contributed by atoms with E-state index in [0.29, 0.717) is 0 Å². The van der Waals surface area contributed by atoms with Crippen LogP contribution < -0.4 is 0 Å². The van der Waals surface area contributed by atoms with Gasteiger partial charge in [-0.25, -0.2) is 0 Å². The summed E-state index contributed by atoms with van der Waals surface area (Å²) in [6, 6.07) is 9.08. The lowest BCUT2D eigenvalue weighted by Gasteiger charge is -2.10. The van der Waals surface area contributed by atoms with E-state index in [1.54, 1.807) is 12.1 Å². The van der Waals surface area contributed by atoms with Crippen molar-refractivity contribution < 1.29 is 10.2 Å². The van der Waals surface area contributed by atoms with Gasteiger partial charge < -0.3 is 10.2 Å². The Morgan fingerprint density at radius 2 is 1.35 bits per heavy atom. The molecule has 0 bridgehead atoms. The van der Waals surface area contributed by atoms with Gasteiger partial charge in [-0.2, -0.15) is 0 Å². The van der Waals surface area contributed by atoms with Gasteiger partial charge in [-0.1, -0.05) is 6.07 Å². The van der Waals surface area contributed by atoms with Crippen LogP contribution in [-0.4, -0.2) is 10.2 Å². The molecule has 0 unspecified atom stereocenters. The van der Waals surface area contributed by atoms with Crippen molar-refractivity contribution in [2.75, 3.05) is 0 Å². The van der Waals surface area contributed by atoms with Gasteiger partial charge in [0.05, 0.1) is 0 Å². The molecule has 0 radical (unpaired) electrons. The van der Waals surface area contributed by atoms with Crippen LogP contribution in [0.1, 0.15) is 16.7 Å². The first-order valence-corrected chi connectivity index (χ1v) is 5.59. The zero-order valence-corrected chi connectivity index (χ0v) is 10.3. The SMILES string of the molecule is Cc1cc(O)c(-c2ccc(O)c(C)c2)cc1C. The first-order chi connectivity index (χ1) is 7.99. The third-order valence-corrected chi connectivity index (χ3v) is 3.12. The van der Waals surface area contributed by atoms with Crippen LogP contribution >= 0.6 is 0 Å². The molecule has 0 saturated carbocycles. The van der Waals surface area contributed by atoms with Crippen molar-refractivity contribution >= 4 is 0 Å². The number of hydrogen-bond donors (Lipinski definition) is 2. The summed E-state index contributed by atoms with van der Waals surface area (Å²) in [4.78, 5) is 0. The summed E-state index contributed by atoms with van der Waals surface area (Å²) in [6.45, 7) is 5.84. The van der Waals surface area contributed by atoms with Gasteiger partial charge >= 0.3 is 0 Å². The lowest BCUT2D eigenvalue weighted by molar-refractivity contribution is 0.470. The summed E-state index contributed by atoms with van der Waals surface area (Å²) in [7, 11) is 0. The van der Waals surface area contributed by atoms with Gasteiger partial charge in [0.25, 0.3) is 0 Å². The zero-order chi connectivity index (χ0) is 12.6. The van der Waals surface area contributed by atoms with Crippen molar-refractivity contribution in [3.8, 4) is 22.6 Å². The van der Waals surface area contributed by atoms with E-state index >= 15 is 0 Å². The van der Waals surface area contributed by atoms with Gasteiger partial charge in [0.2, 0.25) is 0 Å². The van der Waals surface area contributed by atoms with Crippen LogP contribution in [0.2, 0.25) is 0 Å². The Hall–Kier alpha value is -1.96. The highest BCUT2D eigenvalue weighted by Gasteiger charge is 2.08. The van der Waals surface area contributed by atoms with Crippen molar-refractivity contribution in [2.24, 2.45) is 0 Å². The second-order valence-corrected chi connectivity index (χ2v) is 4.45. The van der Waals surface area contributed by atoms with Gasteiger partial charge in [0, 0.05) is 5.56 Å². The molecule has 0 aliphatic heterocycles. The van der Waals surface area contributed by atoms with Gasteiger partial charge in [0.15, 0.2) is 0 Å². The molecule has 0 fully saturated rings. The summed E-state index contributed by atoms with van der Waals surface area (Å²) in [6.07, 6.45) is 0. The van der Waals surface area contributed by atoms with Crippen LogP contribution in [0.15, 0.2) is 30.3 Å². The molecule has 2 aromatic carbocycles. The Kier molecular flexibility index (Phi) is 2.80. The monoisotopic (exact) mass is 228 g/mol. The van der Waals surface area contributed by atoms with E-state index < -0.39 is 0 Å². The third kappa shape index (κ3) is 2.11. The molecular formula is C15H16O2. The number of aromatic hydroxyl groups is 2. The second-order valence-electron chi connectivity index (χ2n) is 4.45. The highest BCUT2D eigenvalue weighted by atomic mass is 16.3. The van der Waals surface area contributed by atoms with E-state index in [0.717, 1.165) is 27.8 Å². The Labute approximate surface area is 101 Å². The largest absolute Gasteiger partial charge is 0.508 e. The molecule has 2 aromatic rings. The zero-order valence-electron chi connectivity index (χ0n) is 10.3. The number of phenolic OH excluding ortho intramolecular Hbond substituents is 2. The van der Waals surface area contributed by atoms with Crippen molar-refractivity contribution in [2.45, 2.75) is 20.8 Å². The van der Waals surface area contributed by atoms with Crippen LogP contribution in [0, 0.1) is 20.8 Å². The smallest absolute Gasteiger partial charge is 0.123 e. The molecular weight excluding hydrogens is 212 g/mol. The highest BCUT2D eigenvalue weighted by molar-refractivity contribution is 5.72. The normalized spacial score (nSPS) is 10.5. The minimum atomic E-state index is 0.275. The topological polar surface area (TPSA) is 40.5 Å². The van der Waals surface area contributed by atoms with Crippen molar-refractivity contribution in [1.82, 2.24) is 0 Å². The molecule has 0 heterocycles. The first kappa shape index (κ1) is 11.5. The number of rotatable bonds is 1. The molecule has 2 heteroatoms. The average molecular weight is 228 g/mol. The van der Waals surface area contributed by atoms with E-state index in [1.807, 2.05) is 39.0 Å². The summed E-state index contributed by atoms with van der Waals surface area (Å²) in [5.41, 5.74) is 4.74. The standard InChI is InChI=1S/C15H16O2/c1-9-7-13(15(17)8-10(9)2)12-4-5-14(16)11(3)6-12/h4-8,16-17H,1-3H3. The Bertz CT molecular complexity index is 571. The predicted octanol–water partition coefficient (Wildman–Crippen LogP) is 3.69. The summed E-state index contributed by atoms with van der Waals surface area (Å²) >= 11 is 0. The summed E-state index contributed by atoms with van der Waals surface area (Å²) in [5.74, 6) is 0.551. The van der Waals surface area contributed by atoms with E-state index in [2.05, 4.69) is 0 Å². The molecule has 0 spiro atoms. The summed E-state index contributed by atoms with van der Waals surface area (Å²) in [5, 5.41) is 19.5. The van der Waals surface area contributed by atoms with Crippen LogP contribution in [0.25, 0.3) is 11.1 Å². The molecule has 88 valence electrons. The van der Waals surface area contributed by atoms with E-state index in [-0.39, 0.29) is 11.5 Å². The lowest BCUT2D eigenvalue weighted by atomic mass is 9.98. The number of phenols is 2. The van der Waals surface area contributed by atoms with Gasteiger partial charge in [-0.05, 0) is 67.3 Å². The fraction of sp³-hybridized carbons (Fsp3) is 0.200. The van der Waals surface area contributed by atoms with Crippen LogP contribution in [-0.2, 0) is 0 Å². The van der Waals surface area contributed by atoms with Gasteiger partial charge in [-0.3, -0.25) is 0 Å². The molecule has 0 aliphatic rings. The average Bonchev–Trinajstić information content (AvgIpc) is 2.27. The molecule has 0 aliphatic carbocycles. The Morgan fingerprint density at radius 1 is 0.706 bits per heavy atom. The highest BCUT2D eigenvalue weighted by Crippen LogP contribution is 2.33. The van der Waals surface area contributed by atoms with Crippen molar-refractivity contribution in [1.29, 1.82) is 0 Å². The molecule has 0 saturated heterocycles. The number of aryl methyl sites for hydroxylation is 3. The minimum absolute atomic E-state index is 0.275. The molecule has 0 atom stereocenters. The minimum Gasteiger partial charge on any atom is -0.508 e. The predicted molar refractivity (Wildman–Crippen MR) is 69.4 cm³/mol. The van der Waals surface area contributed by atoms with E-state index in [4.69, 9.17) is 0 Å². The number of benzene rings is 2. The maximum atomic E-state index is 9.97. The molecule has 0 aromatic heterocycles. The third-order valence-electron chi connectivity index (χ3n) is 3.12. The Morgan fingerprint density at radius 3 is 2.00 bits per heavy atom. The molecule has 17 heavy (non-hydrogen) atoms. The summed E-state index contributed by atoms with van der Waals surface area (Å²) < 4.78 is 0. The van der Waals surface area contributed by atoms with Gasteiger partial charge in [-0.15, -0.1) is 0 Å². The molecule has 2 rings (SSSR count). The van der Waals surface area contributed by atoms with Crippen LogP contribution in [0.3, 0.4) is 0 Å². The quantitative estimate of drug-likeness (QED) is 0.781. The Balaban J connectivity index is 2.60. The van der Waals surface area contributed by atoms with E-state index in [1.165, 1.54) is 0 Å². The first-order valence-electron chi connectivity index (χ1n) is 5.59. The fourth-order valence-electron chi connectivity index (χ4n) is 1.86. The second kappa shape index (κ2) is 4.13.